The van der Waals surface area contributed by atoms with Crippen LogP contribution in [0.2, 0.25) is 0 Å². The molecule has 0 saturated heterocycles. The van der Waals surface area contributed by atoms with E-state index in [1.807, 2.05) is 30.3 Å². The van der Waals surface area contributed by atoms with E-state index in [2.05, 4.69) is 5.32 Å². The first kappa shape index (κ1) is 13.1. The smallest absolute Gasteiger partial charge is 0.248 e. The molecule has 0 saturated carbocycles. The molecule has 2 rings (SSSR count). The van der Waals surface area contributed by atoms with Gasteiger partial charge in [0.25, 0.3) is 0 Å². The van der Waals surface area contributed by atoms with Gasteiger partial charge < -0.3 is 10.1 Å². The molecule has 1 N–H and O–H groups in total. The summed E-state index contributed by atoms with van der Waals surface area (Å²) in [4.78, 5) is 21.9. The topological polar surface area (TPSA) is 81.5 Å². The number of hydrogen-bond acceptors (Lipinski definition) is 4. The molecule has 0 unspecified atom stereocenters. The van der Waals surface area contributed by atoms with Crippen molar-refractivity contribution in [2.45, 2.75) is 12.0 Å². The van der Waals surface area contributed by atoms with E-state index in [1.165, 1.54) is 13.2 Å². The van der Waals surface area contributed by atoms with E-state index in [-0.39, 0.29) is 17.4 Å². The van der Waals surface area contributed by atoms with Crippen LogP contribution >= 0.6 is 0 Å². The van der Waals surface area contributed by atoms with E-state index in [0.717, 1.165) is 5.56 Å². The number of rotatable bonds is 5. The van der Waals surface area contributed by atoms with Crippen molar-refractivity contribution < 1.29 is 14.5 Å². The highest BCUT2D eigenvalue weighted by Crippen LogP contribution is 2.27. The van der Waals surface area contributed by atoms with Crippen molar-refractivity contribution in [2.24, 2.45) is 0 Å². The Balaban J connectivity index is 2.31. The summed E-state index contributed by atoms with van der Waals surface area (Å²) < 4.78 is 5.13. The monoisotopic (exact) mass is 262 g/mol. The molecule has 19 heavy (non-hydrogen) atoms. The number of ether oxygens (including phenoxy) is 1. The summed E-state index contributed by atoms with van der Waals surface area (Å²) in [5, 5.41) is 13.5. The average Bonchev–Trinajstić information content (AvgIpc) is 2.78. The maximum absolute atomic E-state index is 11.4. The van der Waals surface area contributed by atoms with Crippen molar-refractivity contribution in [3.05, 3.63) is 57.8 Å². The number of nitro groups is 1. The van der Waals surface area contributed by atoms with Crippen molar-refractivity contribution in [3.63, 3.8) is 0 Å². The van der Waals surface area contributed by atoms with Crippen LogP contribution in [-0.4, -0.2) is 30.5 Å². The molecule has 100 valence electrons. The Kier molecular flexibility index (Phi) is 3.79. The normalized spacial score (nSPS) is 19.5. The summed E-state index contributed by atoms with van der Waals surface area (Å²) >= 11 is 0. The summed E-state index contributed by atoms with van der Waals surface area (Å²) in [7, 11) is 1.45. The predicted molar refractivity (Wildman–Crippen MR) is 68.1 cm³/mol. The second-order valence-electron chi connectivity index (χ2n) is 4.27. The van der Waals surface area contributed by atoms with E-state index in [9.17, 15) is 14.9 Å². The van der Waals surface area contributed by atoms with Gasteiger partial charge in [-0.2, -0.15) is 0 Å². The van der Waals surface area contributed by atoms with Gasteiger partial charge >= 0.3 is 0 Å². The largest absolute Gasteiger partial charge is 0.499 e. The second kappa shape index (κ2) is 5.51. The van der Waals surface area contributed by atoms with Gasteiger partial charge in [0, 0.05) is 11.0 Å². The van der Waals surface area contributed by atoms with Gasteiger partial charge in [-0.3, -0.25) is 14.9 Å². The quantitative estimate of drug-likeness (QED) is 0.635. The number of carbonyl (C=O) groups excluding carboxylic acids is 1. The Hall–Kier alpha value is -2.37. The molecular formula is C13H14N2O4. The van der Waals surface area contributed by atoms with Gasteiger partial charge in [0.15, 0.2) is 0 Å². The molecule has 1 heterocycles. The molecule has 1 aliphatic rings. The van der Waals surface area contributed by atoms with Crippen LogP contribution in [0.3, 0.4) is 0 Å². The molecule has 0 aromatic heterocycles. The molecule has 1 aromatic rings. The van der Waals surface area contributed by atoms with Crippen molar-refractivity contribution in [3.8, 4) is 0 Å². The van der Waals surface area contributed by atoms with Crippen LogP contribution in [0.1, 0.15) is 11.5 Å². The SMILES string of the molecule is COC1=CC(=O)N[C@@H]1[C@H](C[N+](=O)[O-])c1ccccc1. The van der Waals surface area contributed by atoms with Crippen molar-refractivity contribution in [1.82, 2.24) is 5.32 Å². The fourth-order valence-electron chi connectivity index (χ4n) is 2.23. The Labute approximate surface area is 110 Å². The lowest BCUT2D eigenvalue weighted by atomic mass is 9.91. The highest BCUT2D eigenvalue weighted by atomic mass is 16.6. The van der Waals surface area contributed by atoms with Crippen LogP contribution in [0.25, 0.3) is 0 Å². The van der Waals surface area contributed by atoms with Gasteiger partial charge in [-0.25, -0.2) is 0 Å². The Morgan fingerprint density at radius 1 is 1.42 bits per heavy atom. The zero-order chi connectivity index (χ0) is 13.8. The van der Waals surface area contributed by atoms with Crippen LogP contribution in [0, 0.1) is 10.1 Å². The van der Waals surface area contributed by atoms with E-state index in [4.69, 9.17) is 4.74 Å². The molecule has 0 radical (unpaired) electrons. The van der Waals surface area contributed by atoms with E-state index >= 15 is 0 Å². The summed E-state index contributed by atoms with van der Waals surface area (Å²) in [6.07, 6.45) is 1.33. The van der Waals surface area contributed by atoms with E-state index in [0.29, 0.717) is 5.76 Å². The minimum absolute atomic E-state index is 0.268. The number of amides is 1. The molecule has 6 heteroatoms. The van der Waals surface area contributed by atoms with Gasteiger partial charge in [-0.15, -0.1) is 0 Å². The van der Waals surface area contributed by atoms with E-state index in [1.54, 1.807) is 0 Å². The molecule has 2 atom stereocenters. The summed E-state index contributed by atoms with van der Waals surface area (Å²) in [5.74, 6) is -0.305. The van der Waals surface area contributed by atoms with Crippen LogP contribution in [-0.2, 0) is 9.53 Å². The van der Waals surface area contributed by atoms with Gasteiger partial charge in [0.05, 0.1) is 19.1 Å². The second-order valence-corrected chi connectivity index (χ2v) is 4.27. The minimum Gasteiger partial charge on any atom is -0.499 e. The Morgan fingerprint density at radius 2 is 2.11 bits per heavy atom. The molecule has 1 aromatic carbocycles. The standard InChI is InChI=1S/C13H14N2O4/c1-19-11-7-12(16)14-13(11)10(8-15(17)18)9-5-3-2-4-6-9/h2-7,10,13H,8H2,1H3,(H,14,16)/t10-,13-/m1/s1. The highest BCUT2D eigenvalue weighted by molar-refractivity contribution is 5.91. The fraction of sp³-hybridized carbons (Fsp3) is 0.308. The van der Waals surface area contributed by atoms with Gasteiger partial charge in [0.2, 0.25) is 12.5 Å². The number of hydrogen-bond donors (Lipinski definition) is 1. The third kappa shape index (κ3) is 2.90. The summed E-state index contributed by atoms with van der Waals surface area (Å²) in [6, 6.07) is 8.60. The van der Waals surface area contributed by atoms with Crippen LogP contribution in [0.5, 0.6) is 0 Å². The molecule has 6 nitrogen and oxygen atoms in total. The predicted octanol–water partition coefficient (Wildman–Crippen LogP) is 1.08. The van der Waals surface area contributed by atoms with E-state index < -0.39 is 12.0 Å². The third-order valence-corrected chi connectivity index (χ3v) is 3.09. The Bertz CT molecular complexity index is 513. The summed E-state index contributed by atoms with van der Waals surface area (Å²) in [6.45, 7) is -0.268. The molecule has 1 aliphatic heterocycles. The molecule has 1 amide bonds. The van der Waals surface area contributed by atoms with Gasteiger partial charge in [-0.05, 0) is 5.56 Å². The van der Waals surface area contributed by atoms with Gasteiger partial charge in [-0.1, -0.05) is 30.3 Å². The number of carbonyl (C=O) groups is 1. The molecule has 0 aliphatic carbocycles. The summed E-state index contributed by atoms with van der Waals surface area (Å²) in [5.41, 5.74) is 0.800. The minimum atomic E-state index is -0.495. The molecule has 0 fully saturated rings. The molecule has 0 bridgehead atoms. The first-order valence-electron chi connectivity index (χ1n) is 5.84. The lowest BCUT2D eigenvalue weighted by molar-refractivity contribution is -0.483. The lowest BCUT2D eigenvalue weighted by Crippen LogP contribution is -2.37. The molecular weight excluding hydrogens is 248 g/mol. The van der Waals surface area contributed by atoms with Crippen LogP contribution in [0.4, 0.5) is 0 Å². The first-order chi connectivity index (χ1) is 9.11. The number of nitrogens with one attached hydrogen (secondary N) is 1. The third-order valence-electron chi connectivity index (χ3n) is 3.09. The zero-order valence-electron chi connectivity index (χ0n) is 10.4. The number of nitrogens with zero attached hydrogens (tertiary/aromatic N) is 1. The number of methoxy groups -OCH3 is 1. The number of benzene rings is 1. The molecule has 0 spiro atoms. The first-order valence-corrected chi connectivity index (χ1v) is 5.84. The maximum atomic E-state index is 11.4. The van der Waals surface area contributed by atoms with Crippen molar-refractivity contribution in [2.75, 3.05) is 13.7 Å². The highest BCUT2D eigenvalue weighted by Gasteiger charge is 2.36. The van der Waals surface area contributed by atoms with Crippen LogP contribution in [0.15, 0.2) is 42.2 Å². The zero-order valence-corrected chi connectivity index (χ0v) is 10.4. The van der Waals surface area contributed by atoms with Crippen molar-refractivity contribution in [1.29, 1.82) is 0 Å². The lowest BCUT2D eigenvalue weighted by Gasteiger charge is -2.22. The van der Waals surface area contributed by atoms with Crippen molar-refractivity contribution >= 4 is 5.91 Å². The maximum Gasteiger partial charge on any atom is 0.248 e. The van der Waals surface area contributed by atoms with Crippen LogP contribution < -0.4 is 5.32 Å². The van der Waals surface area contributed by atoms with Gasteiger partial charge in [0.1, 0.15) is 5.76 Å². The Morgan fingerprint density at radius 3 is 2.68 bits per heavy atom. The fourth-order valence-corrected chi connectivity index (χ4v) is 2.23. The average molecular weight is 262 g/mol.